The summed E-state index contributed by atoms with van der Waals surface area (Å²) in [6.45, 7) is 6.20. The van der Waals surface area contributed by atoms with Crippen LogP contribution in [0, 0.1) is 0 Å². The van der Waals surface area contributed by atoms with E-state index in [2.05, 4.69) is 47.2 Å². The maximum Gasteiger partial charge on any atom is 0.404 e. The van der Waals surface area contributed by atoms with Crippen molar-refractivity contribution in [1.29, 1.82) is 0 Å². The first kappa shape index (κ1) is 19.6. The smallest absolute Gasteiger partial charge is 0.404 e. The topological polar surface area (TPSA) is 87.6 Å². The van der Waals surface area contributed by atoms with E-state index >= 15 is 0 Å². The molecule has 2 atom stereocenters. The van der Waals surface area contributed by atoms with E-state index in [1.54, 1.807) is 6.20 Å². The third-order valence-corrected chi connectivity index (χ3v) is 5.79. The molecule has 1 aliphatic heterocycles. The highest BCUT2D eigenvalue weighted by atomic mass is 16.5. The van der Waals surface area contributed by atoms with Gasteiger partial charge in [-0.25, -0.2) is 9.78 Å². The summed E-state index contributed by atoms with van der Waals surface area (Å²) in [5.41, 5.74) is 3.14. The second kappa shape index (κ2) is 8.37. The minimum Gasteiger partial charge on any atom is -0.465 e. The third kappa shape index (κ3) is 4.67. The SMILES string of the molecule is C[C@@H]1CN(c2cccc(C3CC(c4ccnc(CNC(=O)O)c4)C3)n2)C[C@H](C)O1. The van der Waals surface area contributed by atoms with E-state index in [1.165, 1.54) is 5.56 Å². The fraction of sp³-hybridized carbons (Fsp3) is 0.500. The maximum atomic E-state index is 10.7. The van der Waals surface area contributed by atoms with E-state index in [0.29, 0.717) is 11.8 Å². The number of carboxylic acid groups (broad SMARTS) is 1. The van der Waals surface area contributed by atoms with Crippen LogP contribution in [0.2, 0.25) is 0 Å². The maximum absolute atomic E-state index is 10.7. The lowest BCUT2D eigenvalue weighted by atomic mass is 9.70. The summed E-state index contributed by atoms with van der Waals surface area (Å²) in [5.74, 6) is 1.98. The van der Waals surface area contributed by atoms with Crippen LogP contribution in [0.25, 0.3) is 0 Å². The Bertz CT molecular complexity index is 859. The van der Waals surface area contributed by atoms with Crippen LogP contribution in [0.4, 0.5) is 10.6 Å². The highest BCUT2D eigenvalue weighted by Crippen LogP contribution is 2.47. The molecule has 29 heavy (non-hydrogen) atoms. The van der Waals surface area contributed by atoms with Crippen LogP contribution in [0.15, 0.2) is 36.5 Å². The molecule has 2 aromatic rings. The van der Waals surface area contributed by atoms with Crippen LogP contribution in [-0.2, 0) is 11.3 Å². The van der Waals surface area contributed by atoms with Gasteiger partial charge < -0.3 is 20.1 Å². The average molecular weight is 396 g/mol. The van der Waals surface area contributed by atoms with Gasteiger partial charge in [-0.2, -0.15) is 0 Å². The van der Waals surface area contributed by atoms with Gasteiger partial charge in [-0.1, -0.05) is 6.07 Å². The second-order valence-corrected chi connectivity index (χ2v) is 8.19. The van der Waals surface area contributed by atoms with Crippen molar-refractivity contribution in [3.63, 3.8) is 0 Å². The van der Waals surface area contributed by atoms with Gasteiger partial charge >= 0.3 is 6.09 Å². The molecule has 3 heterocycles. The Labute approximate surface area is 171 Å². The van der Waals surface area contributed by atoms with Crippen molar-refractivity contribution in [1.82, 2.24) is 15.3 Å². The van der Waals surface area contributed by atoms with Crippen LogP contribution < -0.4 is 10.2 Å². The second-order valence-electron chi connectivity index (χ2n) is 8.19. The Morgan fingerprint density at radius 3 is 2.69 bits per heavy atom. The van der Waals surface area contributed by atoms with Crippen LogP contribution in [0.1, 0.15) is 55.5 Å². The number of hydrogen-bond acceptors (Lipinski definition) is 5. The molecule has 1 aliphatic carbocycles. The molecule has 2 N–H and O–H groups in total. The number of anilines is 1. The van der Waals surface area contributed by atoms with Gasteiger partial charge in [0.25, 0.3) is 0 Å². The van der Waals surface area contributed by atoms with E-state index in [0.717, 1.165) is 43.1 Å². The lowest BCUT2D eigenvalue weighted by Crippen LogP contribution is -2.45. The summed E-state index contributed by atoms with van der Waals surface area (Å²) < 4.78 is 5.84. The molecule has 0 radical (unpaired) electrons. The zero-order valence-electron chi connectivity index (χ0n) is 16.9. The number of morpholine rings is 1. The van der Waals surface area contributed by atoms with Crippen LogP contribution >= 0.6 is 0 Å². The van der Waals surface area contributed by atoms with Crippen LogP contribution in [-0.4, -0.2) is 46.5 Å². The number of aromatic nitrogens is 2. The fourth-order valence-corrected chi connectivity index (χ4v) is 4.35. The monoisotopic (exact) mass is 396 g/mol. The lowest BCUT2D eigenvalue weighted by molar-refractivity contribution is -0.00547. The summed E-state index contributed by atoms with van der Waals surface area (Å²) in [6.07, 6.45) is 3.28. The van der Waals surface area contributed by atoms with E-state index in [4.69, 9.17) is 14.8 Å². The first-order chi connectivity index (χ1) is 14.0. The fourth-order valence-electron chi connectivity index (χ4n) is 4.35. The molecule has 154 valence electrons. The molecule has 2 aliphatic rings. The Morgan fingerprint density at radius 1 is 1.21 bits per heavy atom. The van der Waals surface area contributed by atoms with E-state index < -0.39 is 6.09 Å². The number of amides is 1. The molecule has 0 bridgehead atoms. The molecule has 4 rings (SSSR count). The Morgan fingerprint density at radius 2 is 1.97 bits per heavy atom. The molecule has 0 spiro atoms. The number of ether oxygens (including phenoxy) is 1. The molecule has 0 aromatic carbocycles. The number of carbonyl (C=O) groups is 1. The van der Waals surface area contributed by atoms with Gasteiger partial charge in [0.15, 0.2) is 0 Å². The number of nitrogens with zero attached hydrogens (tertiary/aromatic N) is 3. The van der Waals surface area contributed by atoms with E-state index in [1.807, 2.05) is 12.1 Å². The van der Waals surface area contributed by atoms with Gasteiger partial charge in [0.1, 0.15) is 5.82 Å². The van der Waals surface area contributed by atoms with Gasteiger partial charge in [0.2, 0.25) is 0 Å². The molecule has 7 heteroatoms. The molecular formula is C22H28N4O3. The first-order valence-electron chi connectivity index (χ1n) is 10.3. The van der Waals surface area contributed by atoms with Crippen molar-refractivity contribution in [2.45, 2.75) is 57.3 Å². The molecule has 0 unspecified atom stereocenters. The van der Waals surface area contributed by atoms with Gasteiger partial charge in [0, 0.05) is 30.9 Å². The molecule has 7 nitrogen and oxygen atoms in total. The zero-order chi connectivity index (χ0) is 20.4. The molecule has 1 amide bonds. The number of nitrogens with one attached hydrogen (secondary N) is 1. The molecule has 2 aromatic heterocycles. The van der Waals surface area contributed by atoms with Gasteiger partial charge in [0.05, 0.1) is 24.4 Å². The molecule has 2 fully saturated rings. The average Bonchev–Trinajstić information content (AvgIpc) is 2.65. The van der Waals surface area contributed by atoms with Crippen molar-refractivity contribution in [2.75, 3.05) is 18.0 Å². The Kier molecular flexibility index (Phi) is 5.67. The minimum absolute atomic E-state index is 0.216. The highest BCUT2D eigenvalue weighted by molar-refractivity contribution is 5.64. The molecular weight excluding hydrogens is 368 g/mol. The lowest BCUT2D eigenvalue weighted by Gasteiger charge is -2.38. The van der Waals surface area contributed by atoms with E-state index in [-0.39, 0.29) is 18.8 Å². The summed E-state index contributed by atoms with van der Waals surface area (Å²) in [6, 6.07) is 10.4. The summed E-state index contributed by atoms with van der Waals surface area (Å²) in [4.78, 5) is 22.2. The minimum atomic E-state index is -1.03. The predicted octanol–water partition coefficient (Wildman–Crippen LogP) is 3.52. The first-order valence-corrected chi connectivity index (χ1v) is 10.3. The number of rotatable bonds is 5. The predicted molar refractivity (Wildman–Crippen MR) is 110 cm³/mol. The largest absolute Gasteiger partial charge is 0.465 e. The zero-order valence-corrected chi connectivity index (χ0v) is 16.9. The molecule has 1 saturated carbocycles. The van der Waals surface area contributed by atoms with Crippen molar-refractivity contribution in [3.8, 4) is 0 Å². The van der Waals surface area contributed by atoms with Gasteiger partial charge in [-0.15, -0.1) is 0 Å². The van der Waals surface area contributed by atoms with Crippen molar-refractivity contribution >= 4 is 11.9 Å². The summed E-state index contributed by atoms with van der Waals surface area (Å²) in [7, 11) is 0. The van der Waals surface area contributed by atoms with Crippen molar-refractivity contribution in [3.05, 3.63) is 53.5 Å². The van der Waals surface area contributed by atoms with Gasteiger partial charge in [-0.05, 0) is 62.4 Å². The standard InChI is InChI=1S/C22H28N4O3/c1-14-12-26(13-15(2)29-14)21-5-3-4-20(25-21)18-8-17(9-18)16-6-7-23-19(10-16)11-24-22(27)28/h3-7,10,14-15,17-18,24H,8-9,11-13H2,1-2H3,(H,27,28)/t14-,15+,17?,18?. The van der Waals surface area contributed by atoms with Crippen molar-refractivity contribution in [2.24, 2.45) is 0 Å². The third-order valence-electron chi connectivity index (χ3n) is 5.79. The Balaban J connectivity index is 1.39. The van der Waals surface area contributed by atoms with Crippen LogP contribution in [0.3, 0.4) is 0 Å². The number of pyridine rings is 2. The molecule has 1 saturated heterocycles. The quantitative estimate of drug-likeness (QED) is 0.804. The summed E-state index contributed by atoms with van der Waals surface area (Å²) in [5, 5.41) is 11.1. The van der Waals surface area contributed by atoms with Gasteiger partial charge in [-0.3, -0.25) is 4.98 Å². The normalized spacial score (nSPS) is 26.6. The summed E-state index contributed by atoms with van der Waals surface area (Å²) >= 11 is 0. The highest BCUT2D eigenvalue weighted by Gasteiger charge is 2.33. The Hall–Kier alpha value is -2.67. The van der Waals surface area contributed by atoms with E-state index in [9.17, 15) is 4.79 Å². The van der Waals surface area contributed by atoms with Crippen LogP contribution in [0.5, 0.6) is 0 Å². The van der Waals surface area contributed by atoms with Crippen molar-refractivity contribution < 1.29 is 14.6 Å². The number of hydrogen-bond donors (Lipinski definition) is 2.